The third-order valence-corrected chi connectivity index (χ3v) is 4.37. The molecule has 1 saturated carbocycles. The molecule has 0 aromatic heterocycles. The monoisotopic (exact) mass is 289 g/mol. The molecular formula is C17H27N3O. The number of urea groups is 1. The molecule has 0 spiro atoms. The standard InChI is InChI=1S/C17H27N3O/c1-12-6-4-3-5-7-16(12)20-17(21)19-15-10-8-14(9-11-15)13(2)18/h8-13,16H,3-7,18H2,1-2H3,(H2,19,20,21). The number of carbonyl (C=O) groups is 1. The Morgan fingerprint density at radius 1 is 1.19 bits per heavy atom. The van der Waals surface area contributed by atoms with Crippen molar-refractivity contribution in [1.29, 1.82) is 0 Å². The second-order valence-corrected chi connectivity index (χ2v) is 6.23. The molecule has 4 nitrogen and oxygen atoms in total. The van der Waals surface area contributed by atoms with Gasteiger partial charge in [0.1, 0.15) is 0 Å². The van der Waals surface area contributed by atoms with Crippen LogP contribution in [-0.2, 0) is 0 Å². The highest BCUT2D eigenvalue weighted by molar-refractivity contribution is 5.89. The molecule has 0 bridgehead atoms. The summed E-state index contributed by atoms with van der Waals surface area (Å²) in [6, 6.07) is 7.89. The van der Waals surface area contributed by atoms with Crippen LogP contribution in [0.2, 0.25) is 0 Å². The van der Waals surface area contributed by atoms with Crippen molar-refractivity contribution in [2.75, 3.05) is 5.32 Å². The van der Waals surface area contributed by atoms with Crippen molar-refractivity contribution >= 4 is 11.7 Å². The molecule has 4 N–H and O–H groups in total. The zero-order valence-corrected chi connectivity index (χ0v) is 13.1. The van der Waals surface area contributed by atoms with Gasteiger partial charge in [-0.15, -0.1) is 0 Å². The lowest BCUT2D eigenvalue weighted by Gasteiger charge is -2.23. The van der Waals surface area contributed by atoms with E-state index in [0.717, 1.165) is 17.7 Å². The second-order valence-electron chi connectivity index (χ2n) is 6.23. The Labute approximate surface area is 127 Å². The second kappa shape index (κ2) is 7.46. The maximum absolute atomic E-state index is 12.1. The van der Waals surface area contributed by atoms with E-state index < -0.39 is 0 Å². The van der Waals surface area contributed by atoms with Crippen LogP contribution in [0.3, 0.4) is 0 Å². The molecule has 0 saturated heterocycles. The smallest absolute Gasteiger partial charge is 0.319 e. The van der Waals surface area contributed by atoms with Gasteiger partial charge in [-0.1, -0.05) is 38.3 Å². The van der Waals surface area contributed by atoms with Crippen molar-refractivity contribution in [2.24, 2.45) is 11.7 Å². The molecule has 1 aromatic rings. The first kappa shape index (κ1) is 15.8. The van der Waals surface area contributed by atoms with Crippen LogP contribution in [0.4, 0.5) is 10.5 Å². The number of benzene rings is 1. The number of nitrogens with one attached hydrogen (secondary N) is 2. The molecule has 1 fully saturated rings. The number of carbonyl (C=O) groups excluding carboxylic acids is 1. The summed E-state index contributed by atoms with van der Waals surface area (Å²) in [4.78, 5) is 12.1. The fourth-order valence-electron chi connectivity index (χ4n) is 2.91. The molecule has 0 radical (unpaired) electrons. The molecule has 3 atom stereocenters. The van der Waals surface area contributed by atoms with E-state index in [9.17, 15) is 4.79 Å². The quantitative estimate of drug-likeness (QED) is 0.741. The molecule has 1 aromatic carbocycles. The number of hydrogen-bond acceptors (Lipinski definition) is 2. The molecule has 2 amide bonds. The van der Waals surface area contributed by atoms with Crippen molar-refractivity contribution in [3.8, 4) is 0 Å². The third-order valence-electron chi connectivity index (χ3n) is 4.37. The number of anilines is 1. The van der Waals surface area contributed by atoms with Gasteiger partial charge in [-0.2, -0.15) is 0 Å². The van der Waals surface area contributed by atoms with Gasteiger partial charge in [0.25, 0.3) is 0 Å². The summed E-state index contributed by atoms with van der Waals surface area (Å²) in [5, 5.41) is 6.03. The fourth-order valence-corrected chi connectivity index (χ4v) is 2.91. The lowest BCUT2D eigenvalue weighted by Crippen LogP contribution is -2.41. The first-order valence-corrected chi connectivity index (χ1v) is 7.99. The van der Waals surface area contributed by atoms with Gasteiger partial charge in [0.2, 0.25) is 0 Å². The summed E-state index contributed by atoms with van der Waals surface area (Å²) in [7, 11) is 0. The average Bonchev–Trinajstić information content (AvgIpc) is 2.65. The Bertz CT molecular complexity index is 456. The minimum Gasteiger partial charge on any atom is -0.335 e. The normalized spacial score (nSPS) is 24.0. The molecule has 2 rings (SSSR count). The highest BCUT2D eigenvalue weighted by Gasteiger charge is 2.21. The summed E-state index contributed by atoms with van der Waals surface area (Å²) in [5.41, 5.74) is 7.69. The first-order chi connectivity index (χ1) is 10.1. The van der Waals surface area contributed by atoms with Crippen LogP contribution < -0.4 is 16.4 Å². The van der Waals surface area contributed by atoms with E-state index in [-0.39, 0.29) is 18.1 Å². The van der Waals surface area contributed by atoms with E-state index in [1.807, 2.05) is 31.2 Å². The van der Waals surface area contributed by atoms with Gasteiger partial charge in [-0.05, 0) is 43.4 Å². The first-order valence-electron chi connectivity index (χ1n) is 7.99. The lowest BCUT2D eigenvalue weighted by atomic mass is 9.97. The minimum absolute atomic E-state index is 0.0136. The molecule has 0 heterocycles. The Balaban J connectivity index is 1.88. The number of amides is 2. The van der Waals surface area contributed by atoms with Crippen LogP contribution in [0.15, 0.2) is 24.3 Å². The number of rotatable bonds is 3. The molecule has 0 aliphatic heterocycles. The van der Waals surface area contributed by atoms with Gasteiger partial charge in [0.05, 0.1) is 0 Å². The van der Waals surface area contributed by atoms with E-state index >= 15 is 0 Å². The highest BCUT2D eigenvalue weighted by atomic mass is 16.2. The van der Waals surface area contributed by atoms with Gasteiger partial charge in [-0.25, -0.2) is 4.79 Å². The third kappa shape index (κ3) is 4.74. The van der Waals surface area contributed by atoms with Gasteiger partial charge >= 0.3 is 6.03 Å². The van der Waals surface area contributed by atoms with Crippen LogP contribution in [0.1, 0.15) is 57.6 Å². The predicted molar refractivity (Wildman–Crippen MR) is 87.2 cm³/mol. The molecule has 4 heteroatoms. The highest BCUT2D eigenvalue weighted by Crippen LogP contribution is 2.23. The summed E-state index contributed by atoms with van der Waals surface area (Å²) >= 11 is 0. The minimum atomic E-state index is -0.109. The summed E-state index contributed by atoms with van der Waals surface area (Å²) < 4.78 is 0. The van der Waals surface area contributed by atoms with Crippen LogP contribution in [0.5, 0.6) is 0 Å². The van der Waals surface area contributed by atoms with E-state index in [0.29, 0.717) is 5.92 Å². The number of hydrogen-bond donors (Lipinski definition) is 3. The molecule has 21 heavy (non-hydrogen) atoms. The Hall–Kier alpha value is -1.55. The van der Waals surface area contributed by atoms with Crippen LogP contribution in [0.25, 0.3) is 0 Å². The van der Waals surface area contributed by atoms with Crippen LogP contribution in [-0.4, -0.2) is 12.1 Å². The zero-order valence-electron chi connectivity index (χ0n) is 13.1. The summed E-state index contributed by atoms with van der Waals surface area (Å²) in [6.45, 7) is 4.18. The van der Waals surface area contributed by atoms with Gasteiger partial charge < -0.3 is 16.4 Å². The molecule has 1 aliphatic rings. The maximum atomic E-state index is 12.1. The molecule has 3 unspecified atom stereocenters. The Morgan fingerprint density at radius 2 is 1.86 bits per heavy atom. The van der Waals surface area contributed by atoms with E-state index in [1.165, 1.54) is 25.7 Å². The van der Waals surface area contributed by atoms with Crippen molar-refractivity contribution in [2.45, 2.75) is 58.0 Å². The van der Waals surface area contributed by atoms with Crippen molar-refractivity contribution in [3.63, 3.8) is 0 Å². The average molecular weight is 289 g/mol. The zero-order chi connectivity index (χ0) is 15.2. The van der Waals surface area contributed by atoms with E-state index in [1.54, 1.807) is 0 Å². The predicted octanol–water partition coefficient (Wildman–Crippen LogP) is 3.80. The Kier molecular flexibility index (Phi) is 5.62. The van der Waals surface area contributed by atoms with E-state index in [4.69, 9.17) is 5.73 Å². The van der Waals surface area contributed by atoms with E-state index in [2.05, 4.69) is 17.6 Å². The topological polar surface area (TPSA) is 67.1 Å². The maximum Gasteiger partial charge on any atom is 0.319 e. The molecule has 1 aliphatic carbocycles. The van der Waals surface area contributed by atoms with Crippen LogP contribution >= 0.6 is 0 Å². The van der Waals surface area contributed by atoms with Crippen LogP contribution in [0, 0.1) is 5.92 Å². The molecule has 116 valence electrons. The van der Waals surface area contributed by atoms with Crippen molar-refractivity contribution in [1.82, 2.24) is 5.32 Å². The van der Waals surface area contributed by atoms with Crippen molar-refractivity contribution < 1.29 is 4.79 Å². The van der Waals surface area contributed by atoms with Crippen molar-refractivity contribution in [3.05, 3.63) is 29.8 Å². The summed E-state index contributed by atoms with van der Waals surface area (Å²) in [5.74, 6) is 0.554. The molecular weight excluding hydrogens is 262 g/mol. The van der Waals surface area contributed by atoms with Gasteiger partial charge in [0, 0.05) is 17.8 Å². The van der Waals surface area contributed by atoms with Gasteiger partial charge in [-0.3, -0.25) is 0 Å². The van der Waals surface area contributed by atoms with Gasteiger partial charge in [0.15, 0.2) is 0 Å². The number of nitrogens with two attached hydrogens (primary N) is 1. The fraction of sp³-hybridized carbons (Fsp3) is 0.588. The Morgan fingerprint density at radius 3 is 2.52 bits per heavy atom. The SMILES string of the molecule is CC(N)c1ccc(NC(=O)NC2CCCCCC2C)cc1. The lowest BCUT2D eigenvalue weighted by molar-refractivity contribution is 0.242. The summed E-state index contributed by atoms with van der Waals surface area (Å²) in [6.07, 6.45) is 6.05. The largest absolute Gasteiger partial charge is 0.335 e.